The number of phenols is 1. The van der Waals surface area contributed by atoms with E-state index in [-0.39, 0.29) is 17.7 Å². The summed E-state index contributed by atoms with van der Waals surface area (Å²) >= 11 is 0. The van der Waals surface area contributed by atoms with Gasteiger partial charge in [0.2, 0.25) is 5.91 Å². The summed E-state index contributed by atoms with van der Waals surface area (Å²) in [4.78, 5) is 11.0. The number of benzene rings is 2. The van der Waals surface area contributed by atoms with Gasteiger partial charge in [-0.15, -0.1) is 0 Å². The summed E-state index contributed by atoms with van der Waals surface area (Å²) in [7, 11) is 0. The van der Waals surface area contributed by atoms with Gasteiger partial charge < -0.3 is 15.7 Å². The smallest absolute Gasteiger partial charge is 0.221 e. The zero-order valence-corrected chi connectivity index (χ0v) is 11.6. The lowest BCUT2D eigenvalue weighted by atomic mass is 10.1. The quantitative estimate of drug-likeness (QED) is 0.796. The summed E-state index contributed by atoms with van der Waals surface area (Å²) < 4.78 is 0. The first-order chi connectivity index (χ1) is 9.54. The van der Waals surface area contributed by atoms with E-state index in [2.05, 4.69) is 10.6 Å². The second-order valence-corrected chi connectivity index (χ2v) is 4.72. The Kier molecular flexibility index (Phi) is 4.25. The van der Waals surface area contributed by atoms with Gasteiger partial charge in [-0.25, -0.2) is 0 Å². The van der Waals surface area contributed by atoms with Gasteiger partial charge >= 0.3 is 0 Å². The highest BCUT2D eigenvalue weighted by Crippen LogP contribution is 2.23. The third-order valence-corrected chi connectivity index (χ3v) is 2.96. The summed E-state index contributed by atoms with van der Waals surface area (Å²) in [5.74, 6) is 0.169. The molecule has 0 saturated carbocycles. The first-order valence-electron chi connectivity index (χ1n) is 6.48. The highest BCUT2D eigenvalue weighted by molar-refractivity contribution is 5.89. The molecule has 0 bridgehead atoms. The fraction of sp³-hybridized carbons (Fsp3) is 0.188. The number of hydrogen-bond donors (Lipinski definition) is 3. The van der Waals surface area contributed by atoms with Crippen LogP contribution in [0, 0.1) is 0 Å². The Morgan fingerprint density at radius 3 is 2.40 bits per heavy atom. The number of carbonyl (C=O) groups excluding carboxylic acids is 1. The Morgan fingerprint density at radius 2 is 1.75 bits per heavy atom. The van der Waals surface area contributed by atoms with Crippen LogP contribution >= 0.6 is 0 Å². The standard InChI is InChI=1S/C16H18N2O2/c1-11(13-6-8-16(20)9-7-13)17-14-4-3-5-15(10-14)18-12(2)19/h3-11,17,20H,1-2H3,(H,18,19). The van der Waals surface area contributed by atoms with Crippen molar-refractivity contribution in [2.24, 2.45) is 0 Å². The van der Waals surface area contributed by atoms with Crippen LogP contribution in [0.1, 0.15) is 25.5 Å². The van der Waals surface area contributed by atoms with Crippen molar-refractivity contribution in [3.05, 3.63) is 54.1 Å². The SMILES string of the molecule is CC(=O)Nc1cccc(NC(C)c2ccc(O)cc2)c1. The number of phenolic OH excluding ortho intramolecular Hbond substituents is 1. The molecule has 0 aromatic heterocycles. The molecule has 2 aromatic rings. The predicted octanol–water partition coefficient (Wildman–Crippen LogP) is 3.52. The van der Waals surface area contributed by atoms with Gasteiger partial charge in [-0.1, -0.05) is 18.2 Å². The molecule has 0 heterocycles. The maximum Gasteiger partial charge on any atom is 0.221 e. The second kappa shape index (κ2) is 6.10. The van der Waals surface area contributed by atoms with Gasteiger partial charge in [0.05, 0.1) is 0 Å². The van der Waals surface area contributed by atoms with Crippen LogP contribution in [0.5, 0.6) is 5.75 Å². The largest absolute Gasteiger partial charge is 0.508 e. The van der Waals surface area contributed by atoms with Crippen molar-refractivity contribution in [1.29, 1.82) is 0 Å². The maximum absolute atomic E-state index is 11.0. The Morgan fingerprint density at radius 1 is 1.10 bits per heavy atom. The minimum Gasteiger partial charge on any atom is -0.508 e. The van der Waals surface area contributed by atoms with E-state index in [1.807, 2.05) is 43.3 Å². The first-order valence-corrected chi connectivity index (χ1v) is 6.48. The molecule has 4 nitrogen and oxygen atoms in total. The van der Waals surface area contributed by atoms with Crippen molar-refractivity contribution in [2.75, 3.05) is 10.6 Å². The van der Waals surface area contributed by atoms with Gasteiger partial charge in [-0.05, 0) is 42.8 Å². The zero-order chi connectivity index (χ0) is 14.5. The summed E-state index contributed by atoms with van der Waals surface area (Å²) in [6, 6.07) is 14.8. The fourth-order valence-electron chi connectivity index (χ4n) is 1.99. The van der Waals surface area contributed by atoms with Gasteiger partial charge in [-0.2, -0.15) is 0 Å². The van der Waals surface area contributed by atoms with Crippen LogP contribution in [0.25, 0.3) is 0 Å². The van der Waals surface area contributed by atoms with Crippen LogP contribution in [-0.2, 0) is 4.79 Å². The Bertz CT molecular complexity index is 594. The molecule has 104 valence electrons. The van der Waals surface area contributed by atoms with Gasteiger partial charge in [0.1, 0.15) is 5.75 Å². The summed E-state index contributed by atoms with van der Waals surface area (Å²) in [6.45, 7) is 3.52. The number of amides is 1. The third-order valence-electron chi connectivity index (χ3n) is 2.96. The highest BCUT2D eigenvalue weighted by atomic mass is 16.3. The van der Waals surface area contributed by atoms with Gasteiger partial charge in [0, 0.05) is 24.3 Å². The van der Waals surface area contributed by atoms with Crippen molar-refractivity contribution >= 4 is 17.3 Å². The lowest BCUT2D eigenvalue weighted by Crippen LogP contribution is -2.08. The molecule has 0 spiro atoms. The Hall–Kier alpha value is -2.49. The minimum absolute atomic E-state index is 0.0891. The van der Waals surface area contributed by atoms with Crippen molar-refractivity contribution in [3.8, 4) is 5.75 Å². The molecule has 0 saturated heterocycles. The molecule has 0 fully saturated rings. The number of hydrogen-bond acceptors (Lipinski definition) is 3. The van der Waals surface area contributed by atoms with Crippen LogP contribution in [-0.4, -0.2) is 11.0 Å². The summed E-state index contributed by atoms with van der Waals surface area (Å²) in [5.41, 5.74) is 2.77. The lowest BCUT2D eigenvalue weighted by molar-refractivity contribution is -0.114. The van der Waals surface area contributed by atoms with E-state index < -0.39 is 0 Å². The molecule has 0 aliphatic rings. The highest BCUT2D eigenvalue weighted by Gasteiger charge is 2.06. The van der Waals surface area contributed by atoms with Crippen LogP contribution in [0.3, 0.4) is 0 Å². The van der Waals surface area contributed by atoms with E-state index in [1.54, 1.807) is 12.1 Å². The molecule has 20 heavy (non-hydrogen) atoms. The van der Waals surface area contributed by atoms with Crippen molar-refractivity contribution in [2.45, 2.75) is 19.9 Å². The average molecular weight is 270 g/mol. The molecular formula is C16H18N2O2. The van der Waals surface area contributed by atoms with E-state index in [1.165, 1.54) is 6.92 Å². The Balaban J connectivity index is 2.09. The normalized spacial score (nSPS) is 11.7. The van der Waals surface area contributed by atoms with Crippen LogP contribution < -0.4 is 10.6 Å². The molecule has 2 rings (SSSR count). The molecule has 1 amide bonds. The van der Waals surface area contributed by atoms with Gasteiger partial charge in [-0.3, -0.25) is 4.79 Å². The van der Waals surface area contributed by atoms with Crippen LogP contribution in [0.2, 0.25) is 0 Å². The van der Waals surface area contributed by atoms with Crippen LogP contribution in [0.4, 0.5) is 11.4 Å². The number of aromatic hydroxyl groups is 1. The fourth-order valence-corrected chi connectivity index (χ4v) is 1.99. The molecule has 3 N–H and O–H groups in total. The monoisotopic (exact) mass is 270 g/mol. The molecular weight excluding hydrogens is 252 g/mol. The van der Waals surface area contributed by atoms with Crippen molar-refractivity contribution < 1.29 is 9.90 Å². The predicted molar refractivity (Wildman–Crippen MR) is 80.9 cm³/mol. The molecule has 0 aliphatic carbocycles. The summed E-state index contributed by atoms with van der Waals surface area (Å²) in [5, 5.41) is 15.4. The molecule has 1 unspecified atom stereocenters. The van der Waals surface area contributed by atoms with E-state index in [0.717, 1.165) is 16.9 Å². The molecule has 0 aliphatic heterocycles. The Labute approximate surface area is 118 Å². The number of carbonyl (C=O) groups is 1. The van der Waals surface area contributed by atoms with Crippen LogP contribution in [0.15, 0.2) is 48.5 Å². The van der Waals surface area contributed by atoms with E-state index in [0.29, 0.717) is 0 Å². The van der Waals surface area contributed by atoms with Gasteiger partial charge in [0.25, 0.3) is 0 Å². The number of nitrogens with one attached hydrogen (secondary N) is 2. The summed E-state index contributed by atoms with van der Waals surface area (Å²) in [6.07, 6.45) is 0. The topological polar surface area (TPSA) is 61.4 Å². The average Bonchev–Trinajstić information content (AvgIpc) is 2.39. The molecule has 0 radical (unpaired) electrons. The zero-order valence-electron chi connectivity index (χ0n) is 11.6. The van der Waals surface area contributed by atoms with Gasteiger partial charge in [0.15, 0.2) is 0 Å². The van der Waals surface area contributed by atoms with Crippen molar-refractivity contribution in [3.63, 3.8) is 0 Å². The third kappa shape index (κ3) is 3.75. The van der Waals surface area contributed by atoms with E-state index in [4.69, 9.17) is 0 Å². The lowest BCUT2D eigenvalue weighted by Gasteiger charge is -2.16. The first kappa shape index (κ1) is 13.9. The molecule has 2 aromatic carbocycles. The molecule has 1 atom stereocenters. The maximum atomic E-state index is 11.0. The number of rotatable bonds is 4. The van der Waals surface area contributed by atoms with Crippen molar-refractivity contribution in [1.82, 2.24) is 0 Å². The van der Waals surface area contributed by atoms with E-state index >= 15 is 0 Å². The number of anilines is 2. The minimum atomic E-state index is -0.0891. The molecule has 4 heteroatoms. The van der Waals surface area contributed by atoms with E-state index in [9.17, 15) is 9.90 Å². The second-order valence-electron chi connectivity index (χ2n) is 4.72.